The summed E-state index contributed by atoms with van der Waals surface area (Å²) in [7, 11) is -2.17. The van der Waals surface area contributed by atoms with Crippen molar-refractivity contribution in [3.05, 3.63) is 85.0 Å². The molecule has 2 rings (SSSR count). The van der Waals surface area contributed by atoms with Gasteiger partial charge in [-0.05, 0) is 38.8 Å². The quantitative estimate of drug-likeness (QED) is 0.216. The van der Waals surface area contributed by atoms with Crippen LogP contribution in [0.1, 0.15) is 26.7 Å². The number of carbonyl (C=O) groups is 2. The van der Waals surface area contributed by atoms with Crippen molar-refractivity contribution in [1.82, 2.24) is 0 Å². The summed E-state index contributed by atoms with van der Waals surface area (Å²) in [6.45, 7) is 11.3. The van der Waals surface area contributed by atoms with Gasteiger partial charge in [0, 0.05) is 11.1 Å². The number of carbonyl (C=O) groups excluding carboxylic acids is 2. The van der Waals surface area contributed by atoms with Crippen molar-refractivity contribution in [1.29, 1.82) is 0 Å². The van der Waals surface area contributed by atoms with Crippen LogP contribution in [-0.2, 0) is 19.1 Å². The molecule has 0 aliphatic carbocycles. The third-order valence-electron chi connectivity index (χ3n) is 5.31. The third kappa shape index (κ3) is 7.07. The first-order valence-corrected chi connectivity index (χ1v) is 13.0. The maximum absolute atomic E-state index is 11.8. The van der Waals surface area contributed by atoms with Crippen LogP contribution >= 0.6 is 0 Å². The van der Waals surface area contributed by atoms with Crippen molar-refractivity contribution >= 4 is 30.4 Å². The van der Waals surface area contributed by atoms with Crippen LogP contribution in [0.25, 0.3) is 0 Å². The third-order valence-corrected chi connectivity index (χ3v) is 10.6. The van der Waals surface area contributed by atoms with E-state index in [0.29, 0.717) is 24.4 Å². The standard InChI is InChI=1S/C26H32O4Si/c1-21(2)25(27)29-17-11-19-31(23-13-7-5-8-14-23,24-15-9-6-10-16-24)20-12-18-30-26(28)22(3)4/h5-10,13-16H,1,3,11-12,17-20H2,2,4H3. The van der Waals surface area contributed by atoms with Gasteiger partial charge in [-0.1, -0.05) is 84.2 Å². The zero-order valence-corrected chi connectivity index (χ0v) is 19.6. The highest BCUT2D eigenvalue weighted by atomic mass is 28.3. The largest absolute Gasteiger partial charge is 0.462 e. The topological polar surface area (TPSA) is 52.6 Å². The average molecular weight is 437 g/mol. The molecule has 0 aliphatic heterocycles. The Labute approximate surface area is 186 Å². The Morgan fingerprint density at radius 3 is 1.39 bits per heavy atom. The molecule has 0 heterocycles. The molecule has 0 saturated carbocycles. The van der Waals surface area contributed by atoms with Gasteiger partial charge in [0.05, 0.1) is 13.2 Å². The molecule has 5 heteroatoms. The lowest BCUT2D eigenvalue weighted by Crippen LogP contribution is -2.58. The second kappa shape index (κ2) is 12.1. The van der Waals surface area contributed by atoms with Crippen molar-refractivity contribution in [2.45, 2.75) is 38.8 Å². The number of hydrogen-bond donors (Lipinski definition) is 0. The molecule has 0 radical (unpaired) electrons. The second-order valence-electron chi connectivity index (χ2n) is 7.85. The van der Waals surface area contributed by atoms with Crippen molar-refractivity contribution in [3.63, 3.8) is 0 Å². The lowest BCUT2D eigenvalue weighted by Gasteiger charge is -2.33. The molecule has 0 aliphatic rings. The van der Waals surface area contributed by atoms with E-state index in [9.17, 15) is 9.59 Å². The lowest BCUT2D eigenvalue weighted by atomic mass is 10.3. The number of hydrogen-bond acceptors (Lipinski definition) is 4. The molecule has 0 N–H and O–H groups in total. The minimum atomic E-state index is -2.17. The maximum atomic E-state index is 11.8. The van der Waals surface area contributed by atoms with E-state index < -0.39 is 8.07 Å². The zero-order valence-electron chi connectivity index (χ0n) is 18.6. The summed E-state index contributed by atoms with van der Waals surface area (Å²) in [5.74, 6) is -0.697. The first-order chi connectivity index (χ1) is 14.9. The summed E-state index contributed by atoms with van der Waals surface area (Å²) in [6, 6.07) is 23.0. The summed E-state index contributed by atoms with van der Waals surface area (Å²) < 4.78 is 10.7. The fourth-order valence-electron chi connectivity index (χ4n) is 3.71. The van der Waals surface area contributed by atoms with Gasteiger partial charge in [-0.2, -0.15) is 0 Å². The minimum Gasteiger partial charge on any atom is -0.462 e. The summed E-state index contributed by atoms with van der Waals surface area (Å²) >= 11 is 0. The monoisotopic (exact) mass is 436 g/mol. The fraction of sp³-hybridized carbons (Fsp3) is 0.308. The fourth-order valence-corrected chi connectivity index (χ4v) is 8.60. The molecular weight excluding hydrogens is 404 g/mol. The van der Waals surface area contributed by atoms with E-state index in [-0.39, 0.29) is 11.9 Å². The predicted octanol–water partition coefficient (Wildman–Crippen LogP) is 4.27. The Kier molecular flexibility index (Phi) is 9.47. The molecule has 0 saturated heterocycles. The van der Waals surface area contributed by atoms with E-state index >= 15 is 0 Å². The highest BCUT2D eigenvalue weighted by Crippen LogP contribution is 2.21. The van der Waals surface area contributed by atoms with Gasteiger partial charge in [-0.25, -0.2) is 9.59 Å². The SMILES string of the molecule is C=C(C)C(=O)OCCC[Si](CCCOC(=O)C(=C)C)(c1ccccc1)c1ccccc1. The van der Waals surface area contributed by atoms with Crippen molar-refractivity contribution in [3.8, 4) is 0 Å². The van der Waals surface area contributed by atoms with Gasteiger partial charge < -0.3 is 9.47 Å². The molecule has 4 nitrogen and oxygen atoms in total. The number of benzene rings is 2. The van der Waals surface area contributed by atoms with Crippen LogP contribution in [0.15, 0.2) is 85.0 Å². The van der Waals surface area contributed by atoms with Gasteiger partial charge in [0.15, 0.2) is 0 Å². The van der Waals surface area contributed by atoms with Crippen LogP contribution < -0.4 is 10.4 Å². The van der Waals surface area contributed by atoms with Gasteiger partial charge in [-0.15, -0.1) is 0 Å². The smallest absolute Gasteiger partial charge is 0.333 e. The highest BCUT2D eigenvalue weighted by Gasteiger charge is 2.36. The Balaban J connectivity index is 2.24. The van der Waals surface area contributed by atoms with Crippen LogP contribution in [0, 0.1) is 0 Å². The molecule has 0 amide bonds. The molecule has 0 atom stereocenters. The Morgan fingerprint density at radius 2 is 1.06 bits per heavy atom. The molecule has 31 heavy (non-hydrogen) atoms. The predicted molar refractivity (Wildman–Crippen MR) is 128 cm³/mol. The van der Waals surface area contributed by atoms with Gasteiger partial charge in [0.1, 0.15) is 8.07 Å². The van der Waals surface area contributed by atoms with Crippen molar-refractivity contribution < 1.29 is 19.1 Å². The van der Waals surface area contributed by atoms with E-state index in [0.717, 1.165) is 24.9 Å². The average Bonchev–Trinajstić information content (AvgIpc) is 2.78. The Hall–Kier alpha value is -2.92. The van der Waals surface area contributed by atoms with Crippen LogP contribution in [0.2, 0.25) is 12.1 Å². The summed E-state index contributed by atoms with van der Waals surface area (Å²) in [6.07, 6.45) is 1.53. The van der Waals surface area contributed by atoms with E-state index in [4.69, 9.17) is 9.47 Å². The summed E-state index contributed by atoms with van der Waals surface area (Å²) in [4.78, 5) is 23.5. The molecular formula is C26H32O4Si. The Bertz CT molecular complexity index is 815. The van der Waals surface area contributed by atoms with E-state index in [1.807, 2.05) is 12.1 Å². The number of esters is 2. The van der Waals surface area contributed by atoms with Gasteiger partial charge >= 0.3 is 11.9 Å². The summed E-state index contributed by atoms with van der Waals surface area (Å²) in [5, 5.41) is 2.66. The number of rotatable bonds is 12. The normalized spacial score (nSPS) is 10.9. The van der Waals surface area contributed by atoms with E-state index in [2.05, 4.69) is 61.7 Å². The van der Waals surface area contributed by atoms with Crippen LogP contribution in [0.4, 0.5) is 0 Å². The van der Waals surface area contributed by atoms with E-state index in [1.54, 1.807) is 13.8 Å². The highest BCUT2D eigenvalue weighted by molar-refractivity contribution is 7.02. The first-order valence-electron chi connectivity index (χ1n) is 10.6. The minimum absolute atomic E-state index is 0.349. The summed E-state index contributed by atoms with van der Waals surface area (Å²) in [5.41, 5.74) is 0.822. The van der Waals surface area contributed by atoms with Gasteiger partial charge in [0.25, 0.3) is 0 Å². The maximum Gasteiger partial charge on any atom is 0.333 e. The molecule has 2 aromatic carbocycles. The Morgan fingerprint density at radius 1 is 0.710 bits per heavy atom. The molecule has 0 spiro atoms. The van der Waals surface area contributed by atoms with Gasteiger partial charge in [-0.3, -0.25) is 0 Å². The lowest BCUT2D eigenvalue weighted by molar-refractivity contribution is -0.139. The molecule has 2 aromatic rings. The van der Waals surface area contributed by atoms with Crippen LogP contribution in [-0.4, -0.2) is 33.2 Å². The molecule has 0 bridgehead atoms. The van der Waals surface area contributed by atoms with E-state index in [1.165, 1.54) is 10.4 Å². The van der Waals surface area contributed by atoms with Crippen LogP contribution in [0.5, 0.6) is 0 Å². The van der Waals surface area contributed by atoms with Crippen molar-refractivity contribution in [2.24, 2.45) is 0 Å². The molecule has 0 fully saturated rings. The van der Waals surface area contributed by atoms with Crippen LogP contribution in [0.3, 0.4) is 0 Å². The second-order valence-corrected chi connectivity index (χ2v) is 12.2. The molecule has 0 aromatic heterocycles. The van der Waals surface area contributed by atoms with Crippen molar-refractivity contribution in [2.75, 3.05) is 13.2 Å². The number of ether oxygens (including phenoxy) is 2. The first kappa shape index (κ1) is 24.3. The van der Waals surface area contributed by atoms with Gasteiger partial charge in [0.2, 0.25) is 0 Å². The molecule has 0 unspecified atom stereocenters. The molecule has 164 valence electrons. The zero-order chi connectivity index (χ0) is 22.7.